The van der Waals surface area contributed by atoms with Gasteiger partial charge >= 0.3 is 0 Å². The molecule has 0 radical (unpaired) electrons. The fourth-order valence-electron chi connectivity index (χ4n) is 2.24. The molecule has 2 nitrogen and oxygen atoms in total. The second kappa shape index (κ2) is 2.59. The number of nitrogens with zero attached hydrogens (tertiary/aromatic N) is 2. The van der Waals surface area contributed by atoms with Crippen LogP contribution in [0.1, 0.15) is 29.9 Å². The summed E-state index contributed by atoms with van der Waals surface area (Å²) in [6.07, 6.45) is 8.93. The van der Waals surface area contributed by atoms with E-state index in [0.717, 1.165) is 5.92 Å². The van der Waals surface area contributed by atoms with Crippen LogP contribution in [-0.4, -0.2) is 9.55 Å². The summed E-state index contributed by atoms with van der Waals surface area (Å²) in [4.78, 5) is 4.25. The smallest absolute Gasteiger partial charge is 0.0669 e. The molecule has 14 heavy (non-hydrogen) atoms. The average molecular weight is 186 g/mol. The fourth-order valence-corrected chi connectivity index (χ4v) is 2.24. The van der Waals surface area contributed by atoms with Crippen molar-refractivity contribution in [3.63, 3.8) is 0 Å². The minimum atomic E-state index is 0.819. The molecular weight excluding hydrogens is 172 g/mol. The van der Waals surface area contributed by atoms with Crippen molar-refractivity contribution in [3.8, 4) is 0 Å². The molecule has 2 heteroatoms. The number of fused-ring (bicyclic) bond motifs is 1. The lowest BCUT2D eigenvalue weighted by molar-refractivity contribution is 0.949. The third kappa shape index (κ3) is 0.999. The highest BCUT2D eigenvalue weighted by molar-refractivity contribution is 5.87. The molecule has 0 aliphatic heterocycles. The summed E-state index contributed by atoms with van der Waals surface area (Å²) in [6.45, 7) is 2.15. The van der Waals surface area contributed by atoms with E-state index >= 15 is 0 Å². The van der Waals surface area contributed by atoms with Gasteiger partial charge in [-0.05, 0) is 36.8 Å². The van der Waals surface area contributed by atoms with Gasteiger partial charge in [0.15, 0.2) is 0 Å². The third-order valence-electron chi connectivity index (χ3n) is 3.13. The molecule has 1 aliphatic carbocycles. The Balaban J connectivity index is 2.39. The van der Waals surface area contributed by atoms with E-state index in [1.54, 1.807) is 0 Å². The van der Waals surface area contributed by atoms with E-state index in [2.05, 4.69) is 29.7 Å². The highest BCUT2D eigenvalue weighted by atomic mass is 14.9. The van der Waals surface area contributed by atoms with Crippen molar-refractivity contribution in [3.05, 3.63) is 29.7 Å². The quantitative estimate of drug-likeness (QED) is 0.669. The molecule has 3 rings (SSSR count). The zero-order valence-corrected chi connectivity index (χ0v) is 8.62. The second-order valence-electron chi connectivity index (χ2n) is 4.32. The van der Waals surface area contributed by atoms with Gasteiger partial charge in [0.2, 0.25) is 0 Å². The van der Waals surface area contributed by atoms with Crippen LogP contribution in [0.4, 0.5) is 0 Å². The summed E-state index contributed by atoms with van der Waals surface area (Å²) < 4.78 is 2.20. The maximum absolute atomic E-state index is 4.25. The molecule has 2 aromatic rings. The molecule has 0 saturated heterocycles. The first kappa shape index (κ1) is 8.04. The number of hydrogen-bond acceptors (Lipinski definition) is 1. The largest absolute Gasteiger partial charge is 0.349 e. The molecule has 72 valence electrons. The van der Waals surface area contributed by atoms with Gasteiger partial charge in [0.05, 0.1) is 11.7 Å². The van der Waals surface area contributed by atoms with E-state index < -0.39 is 0 Å². The van der Waals surface area contributed by atoms with Crippen LogP contribution >= 0.6 is 0 Å². The van der Waals surface area contributed by atoms with Crippen LogP contribution in [0.2, 0.25) is 0 Å². The lowest BCUT2D eigenvalue weighted by Gasteiger charge is -1.99. The molecule has 0 spiro atoms. The molecule has 0 amide bonds. The van der Waals surface area contributed by atoms with Crippen LogP contribution < -0.4 is 0 Å². The highest BCUT2D eigenvalue weighted by Gasteiger charge is 2.27. The zero-order valence-electron chi connectivity index (χ0n) is 8.62. The third-order valence-corrected chi connectivity index (χ3v) is 3.13. The van der Waals surface area contributed by atoms with E-state index in [1.807, 2.05) is 12.4 Å². The number of pyridine rings is 1. The van der Waals surface area contributed by atoms with Gasteiger partial charge in [-0.3, -0.25) is 4.98 Å². The lowest BCUT2D eigenvalue weighted by Crippen LogP contribution is -1.85. The summed E-state index contributed by atoms with van der Waals surface area (Å²) in [5.41, 5.74) is 4.11. The zero-order chi connectivity index (χ0) is 9.71. The van der Waals surface area contributed by atoms with Crippen LogP contribution in [0, 0.1) is 6.92 Å². The minimum absolute atomic E-state index is 0.819. The Labute approximate surface area is 83.6 Å². The Hall–Kier alpha value is -1.31. The molecular formula is C12H14N2. The van der Waals surface area contributed by atoms with Crippen molar-refractivity contribution in [1.29, 1.82) is 0 Å². The second-order valence-corrected chi connectivity index (χ2v) is 4.32. The molecule has 2 aromatic heterocycles. The lowest BCUT2D eigenvalue weighted by atomic mass is 10.1. The SMILES string of the molecule is Cc1cncc2c1c(C1CC1)cn2C. The average Bonchev–Trinajstić information content (AvgIpc) is 2.94. The maximum Gasteiger partial charge on any atom is 0.0669 e. The van der Waals surface area contributed by atoms with Gasteiger partial charge in [-0.15, -0.1) is 0 Å². The Bertz CT molecular complexity index is 492. The van der Waals surface area contributed by atoms with Crippen molar-refractivity contribution >= 4 is 10.9 Å². The molecule has 1 fully saturated rings. The van der Waals surface area contributed by atoms with Gasteiger partial charge in [-0.2, -0.15) is 0 Å². The minimum Gasteiger partial charge on any atom is -0.349 e. The predicted molar refractivity (Wildman–Crippen MR) is 57.4 cm³/mol. The predicted octanol–water partition coefficient (Wildman–Crippen LogP) is 2.76. The Morgan fingerprint density at radius 3 is 2.86 bits per heavy atom. The van der Waals surface area contributed by atoms with Gasteiger partial charge < -0.3 is 4.57 Å². The van der Waals surface area contributed by atoms with E-state index in [0.29, 0.717) is 0 Å². The monoisotopic (exact) mass is 186 g/mol. The standard InChI is InChI=1S/C12H14N2/c1-8-5-13-6-11-12(8)10(7-14(11)2)9-3-4-9/h5-7,9H,3-4H2,1-2H3. The molecule has 0 N–H and O–H groups in total. The molecule has 1 aliphatic rings. The fraction of sp³-hybridized carbons (Fsp3) is 0.417. The Morgan fingerprint density at radius 1 is 1.36 bits per heavy atom. The van der Waals surface area contributed by atoms with E-state index in [1.165, 1.54) is 34.9 Å². The summed E-state index contributed by atoms with van der Waals surface area (Å²) in [5.74, 6) is 0.819. The molecule has 0 unspecified atom stereocenters. The van der Waals surface area contributed by atoms with Gasteiger partial charge in [0.1, 0.15) is 0 Å². The van der Waals surface area contributed by atoms with E-state index in [9.17, 15) is 0 Å². The molecule has 0 bridgehead atoms. The van der Waals surface area contributed by atoms with Crippen LogP contribution in [0.25, 0.3) is 10.9 Å². The topological polar surface area (TPSA) is 17.8 Å². The van der Waals surface area contributed by atoms with Gasteiger partial charge in [0, 0.05) is 24.8 Å². The van der Waals surface area contributed by atoms with Crippen LogP contribution in [0.3, 0.4) is 0 Å². The molecule has 1 saturated carbocycles. The van der Waals surface area contributed by atoms with E-state index in [4.69, 9.17) is 0 Å². The number of rotatable bonds is 1. The van der Waals surface area contributed by atoms with E-state index in [-0.39, 0.29) is 0 Å². The normalized spacial score (nSPS) is 16.4. The van der Waals surface area contributed by atoms with Crippen molar-refractivity contribution in [2.45, 2.75) is 25.7 Å². The van der Waals surface area contributed by atoms with Gasteiger partial charge in [-0.25, -0.2) is 0 Å². The molecule has 0 aromatic carbocycles. The molecule has 0 atom stereocenters. The summed E-state index contributed by atoms with van der Waals surface area (Å²) >= 11 is 0. The number of aryl methyl sites for hydroxylation is 2. The summed E-state index contributed by atoms with van der Waals surface area (Å²) in [6, 6.07) is 0. The first-order valence-corrected chi connectivity index (χ1v) is 5.17. The van der Waals surface area contributed by atoms with Crippen molar-refractivity contribution in [2.24, 2.45) is 7.05 Å². The number of hydrogen-bond donors (Lipinski definition) is 0. The van der Waals surface area contributed by atoms with Crippen LogP contribution in [-0.2, 0) is 7.05 Å². The van der Waals surface area contributed by atoms with Crippen LogP contribution in [0.5, 0.6) is 0 Å². The number of aromatic nitrogens is 2. The van der Waals surface area contributed by atoms with Crippen LogP contribution in [0.15, 0.2) is 18.6 Å². The van der Waals surface area contributed by atoms with Crippen molar-refractivity contribution < 1.29 is 0 Å². The maximum atomic E-state index is 4.25. The van der Waals surface area contributed by atoms with Crippen molar-refractivity contribution in [2.75, 3.05) is 0 Å². The highest BCUT2D eigenvalue weighted by Crippen LogP contribution is 2.44. The molecule has 2 heterocycles. The Morgan fingerprint density at radius 2 is 2.14 bits per heavy atom. The van der Waals surface area contributed by atoms with Crippen molar-refractivity contribution in [1.82, 2.24) is 9.55 Å². The van der Waals surface area contributed by atoms with Gasteiger partial charge in [0.25, 0.3) is 0 Å². The summed E-state index contributed by atoms with van der Waals surface area (Å²) in [5, 5.41) is 1.44. The van der Waals surface area contributed by atoms with Gasteiger partial charge in [-0.1, -0.05) is 0 Å². The summed E-state index contributed by atoms with van der Waals surface area (Å²) in [7, 11) is 2.11. The Kier molecular flexibility index (Phi) is 1.49. The first-order valence-electron chi connectivity index (χ1n) is 5.17. The first-order chi connectivity index (χ1) is 6.77.